The van der Waals surface area contributed by atoms with Crippen molar-refractivity contribution in [2.24, 2.45) is 11.8 Å². The van der Waals surface area contributed by atoms with Crippen molar-refractivity contribution < 1.29 is 9.59 Å². The Hall–Kier alpha value is -3.91. The Morgan fingerprint density at radius 2 is 1.60 bits per heavy atom. The molecule has 7 nitrogen and oxygen atoms in total. The van der Waals surface area contributed by atoms with Crippen LogP contribution in [-0.2, 0) is 29.1 Å². The van der Waals surface area contributed by atoms with Crippen LogP contribution in [0.2, 0.25) is 0 Å². The minimum absolute atomic E-state index is 0.00884. The van der Waals surface area contributed by atoms with Crippen LogP contribution in [0.4, 0.5) is 0 Å². The summed E-state index contributed by atoms with van der Waals surface area (Å²) in [4.78, 5) is 43.8. The molecule has 8 heteroatoms. The van der Waals surface area contributed by atoms with Gasteiger partial charge in [-0.2, -0.15) is 0 Å². The summed E-state index contributed by atoms with van der Waals surface area (Å²) in [5, 5.41) is 7.22. The van der Waals surface area contributed by atoms with E-state index >= 15 is 0 Å². The van der Waals surface area contributed by atoms with Gasteiger partial charge >= 0.3 is 0 Å². The first-order valence-electron chi connectivity index (χ1n) is 14.7. The molecule has 1 aromatic heterocycles. The number of fused-ring (bicyclic) bond motifs is 1. The average molecular weight is 583 g/mol. The number of carbonyl (C=O) groups is 2. The number of para-hydroxylation sites is 1. The molecule has 2 amide bonds. The van der Waals surface area contributed by atoms with Gasteiger partial charge < -0.3 is 10.6 Å². The normalized spacial score (nSPS) is 16.7. The zero-order valence-corrected chi connectivity index (χ0v) is 24.9. The van der Waals surface area contributed by atoms with Crippen LogP contribution in [0, 0.1) is 18.8 Å². The molecule has 1 fully saturated rings. The predicted octanol–water partition coefficient (Wildman–Crippen LogP) is 5.28. The van der Waals surface area contributed by atoms with Crippen LogP contribution < -0.4 is 16.2 Å². The Morgan fingerprint density at radius 1 is 0.881 bits per heavy atom. The van der Waals surface area contributed by atoms with Gasteiger partial charge in [-0.05, 0) is 68.2 Å². The zero-order chi connectivity index (χ0) is 29.3. The number of hydrogen-bond donors (Lipinski definition) is 2. The summed E-state index contributed by atoms with van der Waals surface area (Å²) in [7, 11) is 0. The van der Waals surface area contributed by atoms with E-state index in [-0.39, 0.29) is 35.0 Å². The lowest BCUT2D eigenvalue weighted by Gasteiger charge is -2.28. The molecule has 1 aliphatic rings. The second-order valence-electron chi connectivity index (χ2n) is 11.1. The second-order valence-corrected chi connectivity index (χ2v) is 12.1. The Kier molecular flexibility index (Phi) is 10.1. The standard InChI is InChI=1S/C34H38N4O3S/c1-24-11-13-26(14-12-24)21-36-31(39)23-42-34-37-30-10-6-5-9-29(30)33(41)38(34)22-27-15-17-28(18-16-27)32(40)35-20-19-25-7-3-2-4-8-25/h2-14,27-28H,15-23H2,1H3,(H,35,40)(H,36,39). The highest BCUT2D eigenvalue weighted by atomic mass is 32.2. The van der Waals surface area contributed by atoms with E-state index in [1.807, 2.05) is 67.6 Å². The number of benzene rings is 3. The van der Waals surface area contributed by atoms with Crippen molar-refractivity contribution in [1.29, 1.82) is 0 Å². The van der Waals surface area contributed by atoms with Gasteiger partial charge in [-0.3, -0.25) is 19.0 Å². The number of aromatic nitrogens is 2. The van der Waals surface area contributed by atoms with E-state index in [1.165, 1.54) is 22.9 Å². The molecule has 218 valence electrons. The van der Waals surface area contributed by atoms with E-state index in [1.54, 1.807) is 10.6 Å². The molecule has 4 aromatic rings. The number of thioether (sulfide) groups is 1. The summed E-state index contributed by atoms with van der Waals surface area (Å²) >= 11 is 1.30. The van der Waals surface area contributed by atoms with Gasteiger partial charge in [0.2, 0.25) is 11.8 Å². The topological polar surface area (TPSA) is 93.1 Å². The third kappa shape index (κ3) is 7.88. The molecular formula is C34H38N4O3S. The van der Waals surface area contributed by atoms with E-state index in [9.17, 15) is 14.4 Å². The quantitative estimate of drug-likeness (QED) is 0.186. The molecule has 0 atom stereocenters. The van der Waals surface area contributed by atoms with Crippen molar-refractivity contribution in [3.8, 4) is 0 Å². The largest absolute Gasteiger partial charge is 0.356 e. The number of hydrogen-bond acceptors (Lipinski definition) is 5. The molecule has 0 bridgehead atoms. The van der Waals surface area contributed by atoms with Crippen molar-refractivity contribution in [2.45, 2.75) is 57.3 Å². The van der Waals surface area contributed by atoms with Gasteiger partial charge in [-0.1, -0.05) is 84.1 Å². The highest BCUT2D eigenvalue weighted by Gasteiger charge is 2.27. The molecule has 0 saturated heterocycles. The molecule has 5 rings (SSSR count). The molecule has 3 aromatic carbocycles. The van der Waals surface area contributed by atoms with Crippen molar-refractivity contribution in [3.05, 3.63) is 106 Å². The van der Waals surface area contributed by atoms with Crippen molar-refractivity contribution in [2.75, 3.05) is 12.3 Å². The van der Waals surface area contributed by atoms with Crippen molar-refractivity contribution in [3.63, 3.8) is 0 Å². The Balaban J connectivity index is 1.18. The fraction of sp³-hybridized carbons (Fsp3) is 0.353. The third-order valence-corrected chi connectivity index (χ3v) is 8.96. The first-order chi connectivity index (χ1) is 20.5. The second kappa shape index (κ2) is 14.3. The lowest BCUT2D eigenvalue weighted by molar-refractivity contribution is -0.126. The van der Waals surface area contributed by atoms with Crippen LogP contribution >= 0.6 is 11.8 Å². The molecule has 2 N–H and O–H groups in total. The summed E-state index contributed by atoms with van der Waals surface area (Å²) in [6.45, 7) is 3.67. The number of carbonyl (C=O) groups excluding carboxylic acids is 2. The van der Waals surface area contributed by atoms with Crippen molar-refractivity contribution >= 4 is 34.5 Å². The van der Waals surface area contributed by atoms with Crippen LogP contribution in [0.5, 0.6) is 0 Å². The fourth-order valence-corrected chi connectivity index (χ4v) is 6.33. The van der Waals surface area contributed by atoms with E-state index < -0.39 is 0 Å². The predicted molar refractivity (Wildman–Crippen MR) is 168 cm³/mol. The Bertz CT molecular complexity index is 1560. The number of amides is 2. The maximum atomic E-state index is 13.6. The number of aryl methyl sites for hydroxylation is 1. The average Bonchev–Trinajstić information content (AvgIpc) is 3.02. The molecule has 0 unspecified atom stereocenters. The lowest BCUT2D eigenvalue weighted by Crippen LogP contribution is -2.35. The molecule has 0 aliphatic heterocycles. The maximum Gasteiger partial charge on any atom is 0.262 e. The molecule has 0 spiro atoms. The molecule has 0 radical (unpaired) electrons. The highest BCUT2D eigenvalue weighted by molar-refractivity contribution is 7.99. The number of nitrogens with one attached hydrogen (secondary N) is 2. The van der Waals surface area contributed by atoms with Crippen molar-refractivity contribution in [1.82, 2.24) is 20.2 Å². The molecule has 1 heterocycles. The number of nitrogens with zero attached hydrogens (tertiary/aromatic N) is 2. The van der Waals surface area contributed by atoms with Crippen LogP contribution in [-0.4, -0.2) is 33.7 Å². The van der Waals surface area contributed by atoms with Gasteiger partial charge in [0.1, 0.15) is 0 Å². The molecule has 1 aliphatic carbocycles. The van der Waals surface area contributed by atoms with Crippen LogP contribution in [0.1, 0.15) is 42.4 Å². The monoisotopic (exact) mass is 582 g/mol. The zero-order valence-electron chi connectivity index (χ0n) is 24.1. The first kappa shape index (κ1) is 29.6. The SMILES string of the molecule is Cc1ccc(CNC(=O)CSc2nc3ccccc3c(=O)n2CC2CCC(C(=O)NCCc3ccccc3)CC2)cc1. The smallest absolute Gasteiger partial charge is 0.262 e. The van der Waals surface area contributed by atoms with Gasteiger partial charge in [0.15, 0.2) is 5.16 Å². The molecule has 42 heavy (non-hydrogen) atoms. The van der Waals surface area contributed by atoms with Gasteiger partial charge in [-0.15, -0.1) is 0 Å². The van der Waals surface area contributed by atoms with Gasteiger partial charge in [0.25, 0.3) is 5.56 Å². The third-order valence-electron chi connectivity index (χ3n) is 7.98. The highest BCUT2D eigenvalue weighted by Crippen LogP contribution is 2.31. The van der Waals surface area contributed by atoms with Crippen LogP contribution in [0.15, 0.2) is 88.8 Å². The molecular weight excluding hydrogens is 544 g/mol. The summed E-state index contributed by atoms with van der Waals surface area (Å²) in [6.07, 6.45) is 4.18. The van der Waals surface area contributed by atoms with Crippen LogP contribution in [0.25, 0.3) is 10.9 Å². The van der Waals surface area contributed by atoms with Gasteiger partial charge in [0, 0.05) is 25.6 Å². The van der Waals surface area contributed by atoms with E-state index in [2.05, 4.69) is 22.8 Å². The van der Waals surface area contributed by atoms with E-state index in [4.69, 9.17) is 4.98 Å². The summed E-state index contributed by atoms with van der Waals surface area (Å²) in [6, 6.07) is 25.6. The van der Waals surface area contributed by atoms with Gasteiger partial charge in [-0.25, -0.2) is 4.98 Å². The lowest BCUT2D eigenvalue weighted by atomic mass is 9.81. The summed E-state index contributed by atoms with van der Waals surface area (Å²) in [5.74, 6) is 0.477. The minimum atomic E-state index is -0.103. The van der Waals surface area contributed by atoms with Crippen LogP contribution in [0.3, 0.4) is 0 Å². The molecule has 1 saturated carbocycles. The maximum absolute atomic E-state index is 13.6. The van der Waals surface area contributed by atoms with E-state index in [0.717, 1.165) is 37.7 Å². The van der Waals surface area contributed by atoms with Gasteiger partial charge in [0.05, 0.1) is 16.7 Å². The number of rotatable bonds is 11. The fourth-order valence-electron chi connectivity index (χ4n) is 5.49. The van der Waals surface area contributed by atoms with E-state index in [0.29, 0.717) is 35.7 Å². The Morgan fingerprint density at radius 3 is 2.36 bits per heavy atom. The summed E-state index contributed by atoms with van der Waals surface area (Å²) in [5.41, 5.74) is 3.99. The Labute approximate surface area is 251 Å². The first-order valence-corrected chi connectivity index (χ1v) is 15.7. The minimum Gasteiger partial charge on any atom is -0.356 e. The summed E-state index contributed by atoms with van der Waals surface area (Å²) < 4.78 is 1.74.